The average Bonchev–Trinajstić information content (AvgIpc) is 2.14. The van der Waals surface area contributed by atoms with Gasteiger partial charge in [-0.05, 0) is 0 Å². The Bertz CT molecular complexity index is 129. The highest BCUT2D eigenvalue weighted by Gasteiger charge is 1.85. The highest BCUT2D eigenvalue weighted by molar-refractivity contribution is 5.85. The van der Waals surface area contributed by atoms with Crippen molar-refractivity contribution in [2.75, 3.05) is 0 Å². The van der Waals surface area contributed by atoms with E-state index in [1.165, 1.54) is 12.7 Å². The third kappa shape index (κ3) is 1.52. The van der Waals surface area contributed by atoms with E-state index in [2.05, 4.69) is 9.40 Å². The van der Waals surface area contributed by atoms with E-state index < -0.39 is 0 Å². The van der Waals surface area contributed by atoms with Crippen LogP contribution >= 0.6 is 12.4 Å². The van der Waals surface area contributed by atoms with Gasteiger partial charge in [0.15, 0.2) is 6.39 Å². The summed E-state index contributed by atoms with van der Waals surface area (Å²) in [6.07, 6.45) is 2.89. The molecule has 0 saturated heterocycles. The lowest BCUT2D eigenvalue weighted by atomic mass is 10.5. The van der Waals surface area contributed by atoms with Gasteiger partial charge in [0.25, 0.3) is 0 Å². The Morgan fingerprint density at radius 2 is 2.50 bits per heavy atom. The molecule has 0 aliphatic rings. The quantitative estimate of drug-likeness (QED) is 0.611. The van der Waals surface area contributed by atoms with Crippen LogP contribution < -0.4 is 5.73 Å². The first-order valence-corrected chi connectivity index (χ1v) is 2.00. The second-order valence-corrected chi connectivity index (χ2v) is 1.18. The second-order valence-electron chi connectivity index (χ2n) is 1.18. The first kappa shape index (κ1) is 7.46. The Morgan fingerprint density at radius 3 is 2.75 bits per heavy atom. The summed E-state index contributed by atoms with van der Waals surface area (Å²) < 4.78 is 4.61. The van der Waals surface area contributed by atoms with Crippen molar-refractivity contribution in [2.45, 2.75) is 6.54 Å². The van der Waals surface area contributed by atoms with Crippen molar-refractivity contribution >= 4 is 12.4 Å². The van der Waals surface area contributed by atoms with Crippen molar-refractivity contribution < 1.29 is 4.42 Å². The van der Waals surface area contributed by atoms with Crippen LogP contribution in [0.3, 0.4) is 0 Å². The van der Waals surface area contributed by atoms with Gasteiger partial charge in [-0.2, -0.15) is 0 Å². The van der Waals surface area contributed by atoms with E-state index in [9.17, 15) is 0 Å². The van der Waals surface area contributed by atoms with Gasteiger partial charge in [0.2, 0.25) is 0 Å². The molecular formula is C4H7ClN2O. The van der Waals surface area contributed by atoms with Gasteiger partial charge in [0, 0.05) is 6.54 Å². The minimum Gasteiger partial charge on any atom is -0.451 e. The first-order valence-electron chi connectivity index (χ1n) is 2.00. The summed E-state index contributed by atoms with van der Waals surface area (Å²) in [7, 11) is 0. The van der Waals surface area contributed by atoms with Gasteiger partial charge in [-0.3, -0.25) is 0 Å². The molecule has 1 heterocycles. The third-order valence-corrected chi connectivity index (χ3v) is 0.693. The Labute approximate surface area is 53.3 Å². The van der Waals surface area contributed by atoms with Crippen LogP contribution in [-0.4, -0.2) is 4.98 Å². The molecule has 0 aliphatic heterocycles. The number of hydrogen-bond donors (Lipinski definition) is 1. The molecule has 0 radical (unpaired) electrons. The highest BCUT2D eigenvalue weighted by Crippen LogP contribution is 1.88. The summed E-state index contributed by atoms with van der Waals surface area (Å²) in [5.74, 6) is 0. The van der Waals surface area contributed by atoms with E-state index in [-0.39, 0.29) is 12.4 Å². The zero-order valence-electron chi connectivity index (χ0n) is 4.20. The Morgan fingerprint density at radius 1 is 1.75 bits per heavy atom. The molecule has 0 aliphatic carbocycles. The highest BCUT2D eigenvalue weighted by atomic mass is 35.5. The topological polar surface area (TPSA) is 52.0 Å². The largest absolute Gasteiger partial charge is 0.451 e. The molecule has 8 heavy (non-hydrogen) atoms. The fourth-order valence-corrected chi connectivity index (χ4v) is 0.338. The number of aromatic nitrogens is 1. The van der Waals surface area contributed by atoms with E-state index in [0.29, 0.717) is 6.54 Å². The van der Waals surface area contributed by atoms with E-state index >= 15 is 0 Å². The summed E-state index contributed by atoms with van der Waals surface area (Å²) in [6, 6.07) is 0. The summed E-state index contributed by atoms with van der Waals surface area (Å²) in [4.78, 5) is 3.74. The summed E-state index contributed by atoms with van der Waals surface area (Å²) in [6.45, 7) is 0.455. The zero-order chi connectivity index (χ0) is 5.11. The summed E-state index contributed by atoms with van der Waals surface area (Å²) in [5, 5.41) is 0. The van der Waals surface area contributed by atoms with E-state index in [4.69, 9.17) is 5.73 Å². The normalized spacial score (nSPS) is 8.12. The number of halogens is 1. The number of nitrogens with two attached hydrogens (primary N) is 1. The van der Waals surface area contributed by atoms with Gasteiger partial charge in [0.05, 0.1) is 5.69 Å². The Hall–Kier alpha value is -0.540. The molecule has 0 atom stereocenters. The lowest BCUT2D eigenvalue weighted by molar-refractivity contribution is 0.556. The van der Waals surface area contributed by atoms with E-state index in [0.717, 1.165) is 5.69 Å². The number of oxazole rings is 1. The predicted octanol–water partition coefficient (Wildman–Crippen LogP) is 0.555. The van der Waals surface area contributed by atoms with Crippen LogP contribution in [0.4, 0.5) is 0 Å². The van der Waals surface area contributed by atoms with Crippen LogP contribution in [0.2, 0.25) is 0 Å². The van der Waals surface area contributed by atoms with Crippen LogP contribution in [0.5, 0.6) is 0 Å². The average molecular weight is 135 g/mol. The van der Waals surface area contributed by atoms with Gasteiger partial charge in [-0.15, -0.1) is 12.4 Å². The van der Waals surface area contributed by atoms with Crippen molar-refractivity contribution in [3.63, 3.8) is 0 Å². The minimum absolute atomic E-state index is 0. The third-order valence-electron chi connectivity index (χ3n) is 0.693. The lowest BCUT2D eigenvalue weighted by Crippen LogP contribution is -1.94. The standard InChI is InChI=1S/C4H6N2O.ClH/c5-1-4-2-7-3-6-4;/h2-3H,1,5H2;1H. The van der Waals surface area contributed by atoms with Crippen LogP contribution in [-0.2, 0) is 6.54 Å². The van der Waals surface area contributed by atoms with E-state index in [1.807, 2.05) is 0 Å². The molecule has 0 amide bonds. The van der Waals surface area contributed by atoms with Crippen molar-refractivity contribution in [1.82, 2.24) is 4.98 Å². The van der Waals surface area contributed by atoms with Crippen molar-refractivity contribution in [3.05, 3.63) is 18.4 Å². The number of hydrogen-bond acceptors (Lipinski definition) is 3. The number of nitrogens with zero attached hydrogens (tertiary/aromatic N) is 1. The minimum atomic E-state index is 0. The molecule has 0 fully saturated rings. The summed E-state index contributed by atoms with van der Waals surface area (Å²) >= 11 is 0. The molecule has 0 aromatic carbocycles. The van der Waals surface area contributed by atoms with Gasteiger partial charge in [-0.1, -0.05) is 0 Å². The van der Waals surface area contributed by atoms with Gasteiger partial charge in [0.1, 0.15) is 6.26 Å². The van der Waals surface area contributed by atoms with Crippen LogP contribution in [0.1, 0.15) is 5.69 Å². The van der Waals surface area contributed by atoms with Crippen LogP contribution in [0.25, 0.3) is 0 Å². The predicted molar refractivity (Wildman–Crippen MR) is 31.6 cm³/mol. The SMILES string of the molecule is Cl.NCc1cocn1. The Balaban J connectivity index is 0.000000490. The number of rotatable bonds is 1. The van der Waals surface area contributed by atoms with Gasteiger partial charge < -0.3 is 10.2 Å². The maximum Gasteiger partial charge on any atom is 0.180 e. The molecule has 46 valence electrons. The molecule has 2 N–H and O–H groups in total. The van der Waals surface area contributed by atoms with Crippen LogP contribution in [0.15, 0.2) is 17.1 Å². The van der Waals surface area contributed by atoms with E-state index in [1.54, 1.807) is 0 Å². The monoisotopic (exact) mass is 134 g/mol. The van der Waals surface area contributed by atoms with Gasteiger partial charge in [-0.25, -0.2) is 4.98 Å². The lowest BCUT2D eigenvalue weighted by Gasteiger charge is -1.76. The molecule has 0 unspecified atom stereocenters. The van der Waals surface area contributed by atoms with Crippen molar-refractivity contribution in [3.8, 4) is 0 Å². The van der Waals surface area contributed by atoms with Crippen molar-refractivity contribution in [2.24, 2.45) is 5.73 Å². The van der Waals surface area contributed by atoms with Gasteiger partial charge >= 0.3 is 0 Å². The first-order chi connectivity index (χ1) is 3.43. The molecular weight excluding hydrogens is 128 g/mol. The molecule has 0 spiro atoms. The molecule has 1 aromatic rings. The fourth-order valence-electron chi connectivity index (χ4n) is 0.338. The molecule has 3 nitrogen and oxygen atoms in total. The second kappa shape index (κ2) is 3.46. The molecule has 1 rings (SSSR count). The Kier molecular flexibility index (Phi) is 3.23. The zero-order valence-corrected chi connectivity index (χ0v) is 5.02. The maximum atomic E-state index is 5.17. The molecule has 1 aromatic heterocycles. The molecule has 4 heteroatoms. The molecule has 0 bridgehead atoms. The molecule has 0 saturated carbocycles. The fraction of sp³-hybridized carbons (Fsp3) is 0.250. The smallest absolute Gasteiger partial charge is 0.180 e. The maximum absolute atomic E-state index is 5.17. The van der Waals surface area contributed by atoms with Crippen molar-refractivity contribution in [1.29, 1.82) is 0 Å². The van der Waals surface area contributed by atoms with Crippen LogP contribution in [0, 0.1) is 0 Å². The summed E-state index contributed by atoms with van der Waals surface area (Å²) in [5.41, 5.74) is 5.96.